The molecule has 2 aliphatic rings. The van der Waals surface area contributed by atoms with Gasteiger partial charge in [-0.05, 0) is 48.6 Å². The van der Waals surface area contributed by atoms with Crippen LogP contribution in [0.25, 0.3) is 0 Å². The Morgan fingerprint density at radius 2 is 1.93 bits per heavy atom. The predicted octanol–water partition coefficient (Wildman–Crippen LogP) is 1.81. The van der Waals surface area contributed by atoms with Crippen molar-refractivity contribution in [1.29, 1.82) is 0 Å². The largest absolute Gasteiger partial charge is 0.325 e. The highest BCUT2D eigenvalue weighted by Gasteiger charge is 2.54. The molecule has 0 radical (unpaired) electrons. The first-order valence-corrected chi connectivity index (χ1v) is 11.4. The molecule has 1 saturated heterocycles. The highest BCUT2D eigenvalue weighted by Crippen LogP contribution is 2.39. The third-order valence-corrected chi connectivity index (χ3v) is 6.61. The summed E-state index contributed by atoms with van der Waals surface area (Å²) in [6.45, 7) is -0.461. The third kappa shape index (κ3) is 3.45. The van der Waals surface area contributed by atoms with Crippen molar-refractivity contribution >= 4 is 33.4 Å². The van der Waals surface area contributed by atoms with Crippen LogP contribution in [0, 0.1) is 0 Å². The molecule has 156 valence electrons. The summed E-state index contributed by atoms with van der Waals surface area (Å²) < 4.78 is 23.4. The maximum atomic E-state index is 13.2. The number of benzene rings is 2. The van der Waals surface area contributed by atoms with Crippen molar-refractivity contribution in [2.45, 2.75) is 29.7 Å². The fourth-order valence-electron chi connectivity index (χ4n) is 4.10. The number of sulfone groups is 1. The van der Waals surface area contributed by atoms with Gasteiger partial charge in [-0.2, -0.15) is 0 Å². The molecule has 4 rings (SSSR count). The first-order chi connectivity index (χ1) is 14.2. The average Bonchev–Trinajstić information content (AvgIpc) is 2.93. The third-order valence-electron chi connectivity index (χ3n) is 5.50. The van der Waals surface area contributed by atoms with Gasteiger partial charge in [0, 0.05) is 11.9 Å². The zero-order valence-corrected chi connectivity index (χ0v) is 17.2. The number of nitrogens with one attached hydrogen (secondary N) is 2. The topological polar surface area (TPSA) is 113 Å². The molecule has 1 aliphatic heterocycles. The van der Waals surface area contributed by atoms with Crippen LogP contribution in [0.3, 0.4) is 0 Å². The minimum absolute atomic E-state index is 0.0630. The summed E-state index contributed by atoms with van der Waals surface area (Å²) in [5.41, 5.74) is 0.926. The normalized spacial score (nSPS) is 20.8. The van der Waals surface area contributed by atoms with Crippen LogP contribution < -0.4 is 10.6 Å². The second kappa shape index (κ2) is 7.24. The van der Waals surface area contributed by atoms with E-state index in [2.05, 4.69) is 10.6 Å². The van der Waals surface area contributed by atoms with E-state index < -0.39 is 39.8 Å². The highest BCUT2D eigenvalue weighted by molar-refractivity contribution is 7.90. The van der Waals surface area contributed by atoms with Crippen LogP contribution in [-0.4, -0.2) is 44.0 Å². The van der Waals surface area contributed by atoms with Gasteiger partial charge in [0.15, 0.2) is 9.84 Å². The van der Waals surface area contributed by atoms with Crippen molar-refractivity contribution < 1.29 is 22.8 Å². The minimum Gasteiger partial charge on any atom is -0.324 e. The smallest absolute Gasteiger partial charge is 0.324 e. The number of imide groups is 1. The van der Waals surface area contributed by atoms with Gasteiger partial charge in [0.25, 0.3) is 5.91 Å². The Morgan fingerprint density at radius 3 is 2.70 bits per heavy atom. The number of urea groups is 1. The van der Waals surface area contributed by atoms with Gasteiger partial charge in [0.2, 0.25) is 5.91 Å². The van der Waals surface area contributed by atoms with E-state index in [9.17, 15) is 22.8 Å². The van der Waals surface area contributed by atoms with Gasteiger partial charge in [-0.25, -0.2) is 13.2 Å². The monoisotopic (exact) mass is 427 g/mol. The van der Waals surface area contributed by atoms with Gasteiger partial charge in [-0.1, -0.05) is 30.3 Å². The molecule has 2 N–H and O–H groups in total. The van der Waals surface area contributed by atoms with E-state index in [1.807, 2.05) is 24.3 Å². The predicted molar refractivity (Wildman–Crippen MR) is 109 cm³/mol. The molecular weight excluding hydrogens is 406 g/mol. The second-order valence-electron chi connectivity index (χ2n) is 7.59. The van der Waals surface area contributed by atoms with Gasteiger partial charge >= 0.3 is 6.03 Å². The Balaban J connectivity index is 1.53. The number of carbonyl (C=O) groups is 3. The number of rotatable bonds is 4. The molecule has 1 fully saturated rings. The lowest BCUT2D eigenvalue weighted by Gasteiger charge is -2.33. The van der Waals surface area contributed by atoms with Crippen LogP contribution in [0.2, 0.25) is 0 Å². The molecule has 0 aromatic heterocycles. The number of carbonyl (C=O) groups excluding carboxylic acids is 3. The molecule has 1 atom stereocenters. The number of nitrogens with zero attached hydrogens (tertiary/aromatic N) is 1. The van der Waals surface area contributed by atoms with E-state index in [0.717, 1.165) is 35.1 Å². The fourth-order valence-corrected chi connectivity index (χ4v) is 4.77. The molecule has 1 unspecified atom stereocenters. The van der Waals surface area contributed by atoms with E-state index in [0.29, 0.717) is 6.42 Å². The zero-order chi connectivity index (χ0) is 21.5. The highest BCUT2D eigenvalue weighted by atomic mass is 32.2. The molecule has 1 heterocycles. The van der Waals surface area contributed by atoms with Crippen LogP contribution >= 0.6 is 0 Å². The standard InChI is InChI=1S/C21H21N3O5S/c1-30(28,29)16-9-4-8-15(12-16)22-18(25)13-24-19(26)21(23-20(24)27)11-5-7-14-6-2-3-10-17(14)21/h2-4,6,8-10,12H,5,7,11,13H2,1H3,(H,22,25)(H,23,27). The molecule has 30 heavy (non-hydrogen) atoms. The summed E-state index contributed by atoms with van der Waals surface area (Å²) in [4.78, 5) is 39.3. The maximum Gasteiger partial charge on any atom is 0.325 e. The number of amides is 4. The number of fused-ring (bicyclic) bond motifs is 2. The van der Waals surface area contributed by atoms with Gasteiger partial charge in [-0.3, -0.25) is 14.5 Å². The van der Waals surface area contributed by atoms with Crippen LogP contribution in [0.5, 0.6) is 0 Å². The van der Waals surface area contributed by atoms with E-state index >= 15 is 0 Å². The number of hydrogen-bond donors (Lipinski definition) is 2. The Kier molecular flexibility index (Phi) is 4.85. The molecule has 0 saturated carbocycles. The summed E-state index contributed by atoms with van der Waals surface area (Å²) in [5, 5.41) is 5.36. The van der Waals surface area contributed by atoms with Gasteiger partial charge in [-0.15, -0.1) is 0 Å². The summed E-state index contributed by atoms with van der Waals surface area (Å²) >= 11 is 0. The first kappa shape index (κ1) is 20.1. The molecule has 1 spiro atoms. The summed E-state index contributed by atoms with van der Waals surface area (Å²) in [7, 11) is -3.43. The SMILES string of the molecule is CS(=O)(=O)c1cccc(NC(=O)CN2C(=O)NC3(CCCc4ccccc43)C2=O)c1. The molecule has 4 amide bonds. The summed E-state index contributed by atoms with van der Waals surface area (Å²) in [6, 6.07) is 12.7. The molecule has 0 bridgehead atoms. The van der Waals surface area contributed by atoms with Crippen molar-refractivity contribution in [1.82, 2.24) is 10.2 Å². The molecular formula is C21H21N3O5S. The zero-order valence-electron chi connectivity index (χ0n) is 16.3. The minimum atomic E-state index is -3.43. The second-order valence-corrected chi connectivity index (χ2v) is 9.60. The number of hydrogen-bond acceptors (Lipinski definition) is 5. The van der Waals surface area contributed by atoms with Gasteiger partial charge in [0.05, 0.1) is 4.90 Å². The van der Waals surface area contributed by atoms with E-state index in [1.165, 1.54) is 24.3 Å². The van der Waals surface area contributed by atoms with Gasteiger partial charge < -0.3 is 10.6 Å². The average molecular weight is 427 g/mol. The van der Waals surface area contributed by atoms with Crippen molar-refractivity contribution in [2.75, 3.05) is 18.1 Å². The van der Waals surface area contributed by atoms with E-state index in [4.69, 9.17) is 0 Å². The lowest BCUT2D eigenvalue weighted by molar-refractivity contribution is -0.134. The van der Waals surface area contributed by atoms with Crippen molar-refractivity contribution in [3.8, 4) is 0 Å². The Hall–Kier alpha value is -3.20. The molecule has 9 heteroatoms. The van der Waals surface area contributed by atoms with Crippen LogP contribution in [0.15, 0.2) is 53.4 Å². The van der Waals surface area contributed by atoms with Gasteiger partial charge in [0.1, 0.15) is 12.1 Å². The molecule has 8 nitrogen and oxygen atoms in total. The summed E-state index contributed by atoms with van der Waals surface area (Å²) in [5.74, 6) is -1.04. The molecule has 1 aliphatic carbocycles. The molecule has 2 aromatic carbocycles. The van der Waals surface area contributed by atoms with Crippen LogP contribution in [0.4, 0.5) is 10.5 Å². The van der Waals surface area contributed by atoms with E-state index in [-0.39, 0.29) is 10.6 Å². The quantitative estimate of drug-likeness (QED) is 0.723. The fraction of sp³-hybridized carbons (Fsp3) is 0.286. The Bertz CT molecular complexity index is 1160. The van der Waals surface area contributed by atoms with Crippen LogP contribution in [-0.2, 0) is 31.4 Å². The first-order valence-electron chi connectivity index (χ1n) is 9.53. The van der Waals surface area contributed by atoms with Crippen molar-refractivity contribution in [3.63, 3.8) is 0 Å². The Labute approximate surface area is 174 Å². The van der Waals surface area contributed by atoms with Crippen molar-refractivity contribution in [3.05, 3.63) is 59.7 Å². The van der Waals surface area contributed by atoms with Crippen LogP contribution in [0.1, 0.15) is 24.0 Å². The lowest BCUT2D eigenvalue weighted by Crippen LogP contribution is -2.47. The Morgan fingerprint density at radius 1 is 1.17 bits per heavy atom. The van der Waals surface area contributed by atoms with E-state index in [1.54, 1.807) is 0 Å². The molecule has 2 aromatic rings. The van der Waals surface area contributed by atoms with Crippen molar-refractivity contribution in [2.24, 2.45) is 0 Å². The number of anilines is 1. The number of aryl methyl sites for hydroxylation is 1. The summed E-state index contributed by atoms with van der Waals surface area (Å²) in [6.07, 6.45) is 3.13. The maximum absolute atomic E-state index is 13.2. The lowest BCUT2D eigenvalue weighted by atomic mass is 9.76.